The Kier molecular flexibility index (Phi) is 23.3. The Hall–Kier alpha value is -10.2. The maximum absolute atomic E-state index is 13.3. The molecule has 2 saturated heterocycles. The fraction of sp³-hybridized carbons (Fsp3) is 0.350. The lowest BCUT2D eigenvalue weighted by Crippen LogP contribution is -2.48. The lowest BCUT2D eigenvalue weighted by molar-refractivity contribution is -0.134. The van der Waals surface area contributed by atoms with Gasteiger partial charge in [0.25, 0.3) is 23.6 Å². The van der Waals surface area contributed by atoms with E-state index in [1.807, 2.05) is 95.9 Å². The number of Topliss-reactive ketones (excluding diaryl/α,β-unsaturated/α-hetero) is 6. The van der Waals surface area contributed by atoms with Crippen LogP contribution in [0.2, 0.25) is 0 Å². The Morgan fingerprint density at radius 2 is 0.810 bits per heavy atom. The smallest absolute Gasteiger partial charge is 0.255 e. The second-order valence-corrected chi connectivity index (χ2v) is 29.3. The number of sulfonamides is 1. The number of nitrogens with zero attached hydrogens (tertiary/aromatic N) is 7. The number of halogens is 1. The first-order chi connectivity index (χ1) is 50.3. The van der Waals surface area contributed by atoms with E-state index >= 15 is 0 Å². The van der Waals surface area contributed by atoms with Gasteiger partial charge in [-0.2, -0.15) is 4.31 Å². The van der Waals surface area contributed by atoms with Gasteiger partial charge in [0.1, 0.15) is 54.4 Å². The highest BCUT2D eigenvalue weighted by Gasteiger charge is 2.43. The number of benzene rings is 7. The molecule has 1 N–H and O–H groups in total. The molecule has 8 aliphatic rings. The first-order valence-electron chi connectivity index (χ1n) is 35.2. The minimum absolute atomic E-state index is 0. The Labute approximate surface area is 615 Å². The molecule has 0 radical (unpaired) electrons. The van der Waals surface area contributed by atoms with Gasteiger partial charge in [-0.15, -0.1) is 12.4 Å². The lowest BCUT2D eigenvalue weighted by Gasteiger charge is -2.35. The van der Waals surface area contributed by atoms with E-state index in [0.29, 0.717) is 131 Å². The first-order valence-corrected chi connectivity index (χ1v) is 36.7. The Bertz CT molecular complexity index is 4600. The average molecular weight is 1470 g/mol. The normalized spacial score (nSPS) is 19.8. The molecule has 15 rings (SSSR count). The molecule has 0 aromatic heterocycles. The molecular formula is C80H82ClN7O16S. The quantitative estimate of drug-likeness (QED) is 0.0836. The molecule has 105 heavy (non-hydrogen) atoms. The molecule has 23 nitrogen and oxygen atoms in total. The van der Waals surface area contributed by atoms with Crippen molar-refractivity contribution in [1.82, 2.24) is 28.8 Å². The van der Waals surface area contributed by atoms with Crippen molar-refractivity contribution in [3.05, 3.63) is 219 Å². The third-order valence-corrected chi connectivity index (χ3v) is 22.5. The monoisotopic (exact) mass is 1460 g/mol. The van der Waals surface area contributed by atoms with E-state index in [1.165, 1.54) is 4.31 Å². The number of hydrogen-bond acceptors (Lipinski definition) is 18. The van der Waals surface area contributed by atoms with Crippen molar-refractivity contribution < 1.29 is 75.7 Å². The SMILES string of the molecule is CN1CCN(C(=O)c2ccc(COc3cccc4c3CN(C3CCC(=O)CC3=O)C4=O)cc2)CC1.Cl.O=C1CCC(N2Cc3c(OCc4ccc(CO)cc4)cccc3C2=O)C(=O)C1.O=C1CCC(N2Cc3c(OCc4ccc(S(=O)(=O)N5CCN(c6ccccc6)CC5)cc4)cccc3C2=O)C(=O)C1. The molecule has 7 aromatic carbocycles. The number of anilines is 1. The standard InChI is InChI=1S/C31H31N3O6S.C27H29N3O5.C22H21NO5.ClH/c35-24-11-14-28(29(36)19-24)34-20-27-26(31(34)37)7-4-8-30(27)40-21-22-9-12-25(13-10-22)41(38,39)33-17-15-32(16-18-33)23-5-2-1-3-6-23;1-28-11-13-29(14-12-28)26(33)19-7-5-18(6-8-19)17-35-25-4-2-3-21-22(25)16-30(27(21)34)23-10-9-20(31)15-24(23)32;24-12-14-4-6-15(7-5-14)13-28-21-3-1-2-17-18(21)11-23(22(17)27)19-9-8-16(25)10-20(19)26;/h1-10,12-13,28H,11,14-21H2;2-8,23H,9-17H2,1H3;1-7,19,24H,8-13H2;1H. The van der Waals surface area contributed by atoms with Crippen LogP contribution in [0.25, 0.3) is 0 Å². The minimum atomic E-state index is -3.62. The van der Waals surface area contributed by atoms with Crippen LogP contribution < -0.4 is 19.1 Å². The highest BCUT2D eigenvalue weighted by Crippen LogP contribution is 2.39. The predicted molar refractivity (Wildman–Crippen MR) is 388 cm³/mol. The molecule has 5 fully saturated rings. The van der Waals surface area contributed by atoms with Crippen LogP contribution in [0.5, 0.6) is 17.2 Å². The number of hydrogen-bond donors (Lipinski definition) is 1. The van der Waals surface area contributed by atoms with Crippen molar-refractivity contribution >= 4 is 86.4 Å². The van der Waals surface area contributed by atoms with Gasteiger partial charge < -0.3 is 48.7 Å². The van der Waals surface area contributed by atoms with Crippen LogP contribution in [0.4, 0.5) is 5.69 Å². The molecule has 4 amide bonds. The number of rotatable bonds is 17. The van der Waals surface area contributed by atoms with E-state index in [9.17, 15) is 56.4 Å². The fourth-order valence-corrected chi connectivity index (χ4v) is 16.0. The maximum Gasteiger partial charge on any atom is 0.255 e. The number of likely N-dealkylation sites (N-methyl/N-ethyl adjacent to an activating group) is 1. The number of aliphatic hydroxyl groups is 1. The van der Waals surface area contributed by atoms with Crippen LogP contribution in [0.15, 0.2) is 163 Å². The van der Waals surface area contributed by atoms with Crippen molar-refractivity contribution in [3.63, 3.8) is 0 Å². The molecule has 5 aliphatic heterocycles. The van der Waals surface area contributed by atoms with Crippen molar-refractivity contribution in [1.29, 1.82) is 0 Å². The number of amides is 4. The summed E-state index contributed by atoms with van der Waals surface area (Å²) in [5.74, 6) is 0.464. The van der Waals surface area contributed by atoms with Crippen LogP contribution in [0.3, 0.4) is 0 Å². The number of fused-ring (bicyclic) bond motifs is 3. The minimum Gasteiger partial charge on any atom is -0.489 e. The highest BCUT2D eigenvalue weighted by molar-refractivity contribution is 7.89. The number of carbonyl (C=O) groups is 10. The Balaban J connectivity index is 0.000000150. The lowest BCUT2D eigenvalue weighted by atomic mass is 9.92. The van der Waals surface area contributed by atoms with E-state index < -0.39 is 28.1 Å². The average Bonchev–Trinajstić information content (AvgIpc) is 1.68. The van der Waals surface area contributed by atoms with Crippen LogP contribution >= 0.6 is 12.4 Å². The molecule has 546 valence electrons. The summed E-state index contributed by atoms with van der Waals surface area (Å²) in [5, 5.41) is 9.12. The number of aliphatic hydroxyl groups excluding tert-OH is 1. The van der Waals surface area contributed by atoms with Crippen LogP contribution in [-0.4, -0.2) is 178 Å². The molecule has 5 heterocycles. The van der Waals surface area contributed by atoms with Gasteiger partial charge in [-0.25, -0.2) is 8.42 Å². The predicted octanol–water partition coefficient (Wildman–Crippen LogP) is 8.55. The van der Waals surface area contributed by atoms with E-state index in [1.54, 1.807) is 81.4 Å². The molecule has 3 atom stereocenters. The largest absolute Gasteiger partial charge is 0.489 e. The van der Waals surface area contributed by atoms with Gasteiger partial charge in [0.05, 0.1) is 68.5 Å². The van der Waals surface area contributed by atoms with Crippen molar-refractivity contribution in [2.45, 2.75) is 127 Å². The van der Waals surface area contributed by atoms with Crippen LogP contribution in [0.1, 0.15) is 138 Å². The van der Waals surface area contributed by atoms with Crippen molar-refractivity contribution in [2.24, 2.45) is 0 Å². The maximum atomic E-state index is 13.3. The summed E-state index contributed by atoms with van der Waals surface area (Å²) < 4.78 is 46.2. The van der Waals surface area contributed by atoms with E-state index in [0.717, 1.165) is 70.8 Å². The van der Waals surface area contributed by atoms with Gasteiger partial charge in [-0.05, 0) is 121 Å². The summed E-state index contributed by atoms with van der Waals surface area (Å²) in [6.07, 6.45) is 1.79. The van der Waals surface area contributed by atoms with E-state index in [-0.39, 0.29) is 115 Å². The number of piperazine rings is 2. The highest BCUT2D eigenvalue weighted by atomic mass is 35.5. The fourth-order valence-electron chi connectivity index (χ4n) is 14.6. The van der Waals surface area contributed by atoms with Crippen molar-refractivity contribution in [3.8, 4) is 17.2 Å². The van der Waals surface area contributed by atoms with Gasteiger partial charge >= 0.3 is 0 Å². The van der Waals surface area contributed by atoms with Gasteiger partial charge in [-0.1, -0.05) is 84.9 Å². The summed E-state index contributed by atoms with van der Waals surface area (Å²) in [5.41, 5.74) is 9.11. The Morgan fingerprint density at radius 3 is 1.19 bits per heavy atom. The van der Waals surface area contributed by atoms with Crippen LogP contribution in [0, 0.1) is 0 Å². The zero-order valence-electron chi connectivity index (χ0n) is 58.2. The molecular weight excluding hydrogens is 1380 g/mol. The second kappa shape index (κ2) is 32.8. The molecule has 0 spiro atoms. The molecule has 3 unspecified atom stereocenters. The Morgan fingerprint density at radius 1 is 0.438 bits per heavy atom. The third-order valence-electron chi connectivity index (χ3n) is 20.6. The van der Waals surface area contributed by atoms with Gasteiger partial charge in [0, 0.05) is 116 Å². The molecule has 3 aliphatic carbocycles. The molecule has 0 bridgehead atoms. The number of carbonyl (C=O) groups excluding carboxylic acids is 10. The van der Waals surface area contributed by atoms with Crippen molar-refractivity contribution in [2.75, 3.05) is 64.3 Å². The van der Waals surface area contributed by atoms with Gasteiger partial charge in [0.15, 0.2) is 17.3 Å². The zero-order valence-corrected chi connectivity index (χ0v) is 59.9. The summed E-state index contributed by atoms with van der Waals surface area (Å²) in [6, 6.07) is 45.9. The molecule has 25 heteroatoms. The number of ether oxygens (including phenoxy) is 3. The topological polar surface area (TPSA) is 275 Å². The summed E-state index contributed by atoms with van der Waals surface area (Å²) >= 11 is 0. The number of ketones is 6. The summed E-state index contributed by atoms with van der Waals surface area (Å²) in [4.78, 5) is 135. The van der Waals surface area contributed by atoms with Crippen LogP contribution in [-0.2, 0) is 84.9 Å². The summed E-state index contributed by atoms with van der Waals surface area (Å²) in [6.45, 7) is 7.02. The number of para-hydroxylation sites is 1. The van der Waals surface area contributed by atoms with Gasteiger partial charge in [-0.3, -0.25) is 47.9 Å². The second-order valence-electron chi connectivity index (χ2n) is 27.4. The zero-order chi connectivity index (χ0) is 72.8. The molecule has 3 saturated carbocycles. The third kappa shape index (κ3) is 16.6. The molecule has 7 aromatic rings. The summed E-state index contributed by atoms with van der Waals surface area (Å²) in [7, 11) is -1.56. The first kappa shape index (κ1) is 74.5. The van der Waals surface area contributed by atoms with E-state index in [4.69, 9.17) is 19.3 Å². The van der Waals surface area contributed by atoms with E-state index in [2.05, 4.69) is 16.8 Å². The van der Waals surface area contributed by atoms with Gasteiger partial charge in [0.2, 0.25) is 10.0 Å².